The Bertz CT molecular complexity index is 193. The van der Waals surface area contributed by atoms with E-state index in [2.05, 4.69) is 0 Å². The summed E-state index contributed by atoms with van der Waals surface area (Å²) in [5.74, 6) is 0.0293. The third-order valence-corrected chi connectivity index (χ3v) is 2.45. The quantitative estimate of drug-likeness (QED) is 0.679. The van der Waals surface area contributed by atoms with Crippen LogP contribution in [0.5, 0.6) is 0 Å². The maximum Gasteiger partial charge on any atom is 0.248 e. The largest absolute Gasteiger partial charge is 0.378 e. The Morgan fingerprint density at radius 1 is 1.53 bits per heavy atom. The molecule has 1 saturated heterocycles. The molecule has 1 aliphatic rings. The number of ether oxygens (including phenoxy) is 2. The number of carbonyl (C=O) groups is 1. The monoisotopic (exact) mass is 216 g/mol. The van der Waals surface area contributed by atoms with Gasteiger partial charge in [0, 0.05) is 19.1 Å². The Morgan fingerprint density at radius 3 is 2.80 bits per heavy atom. The van der Waals surface area contributed by atoms with Crippen molar-refractivity contribution in [2.75, 3.05) is 39.5 Å². The maximum atomic E-state index is 11.6. The van der Waals surface area contributed by atoms with Crippen LogP contribution in [-0.2, 0) is 14.3 Å². The molecule has 0 aromatic rings. The molecule has 5 heteroatoms. The summed E-state index contributed by atoms with van der Waals surface area (Å²) < 4.78 is 10.4. The van der Waals surface area contributed by atoms with E-state index in [1.54, 1.807) is 4.90 Å². The van der Waals surface area contributed by atoms with Gasteiger partial charge in [0.15, 0.2) is 0 Å². The number of hydrogen-bond acceptors (Lipinski definition) is 4. The molecule has 0 aliphatic carbocycles. The molecule has 0 radical (unpaired) electrons. The van der Waals surface area contributed by atoms with Crippen LogP contribution in [0.15, 0.2) is 0 Å². The molecule has 1 atom stereocenters. The normalized spacial score (nSPS) is 18.9. The molecule has 1 heterocycles. The van der Waals surface area contributed by atoms with Crippen molar-refractivity contribution < 1.29 is 14.3 Å². The van der Waals surface area contributed by atoms with Gasteiger partial charge in [-0.25, -0.2) is 0 Å². The smallest absolute Gasteiger partial charge is 0.248 e. The fraction of sp³-hybridized carbons (Fsp3) is 0.900. The van der Waals surface area contributed by atoms with E-state index in [1.807, 2.05) is 6.92 Å². The molecule has 1 unspecified atom stereocenters. The first-order valence-corrected chi connectivity index (χ1v) is 5.43. The van der Waals surface area contributed by atoms with Gasteiger partial charge < -0.3 is 20.1 Å². The molecule has 0 saturated carbocycles. The summed E-state index contributed by atoms with van der Waals surface area (Å²) in [6.45, 7) is 5.17. The number of nitrogens with two attached hydrogens (primary N) is 1. The molecular formula is C10H20N2O3. The van der Waals surface area contributed by atoms with Crippen LogP contribution in [0.2, 0.25) is 0 Å². The van der Waals surface area contributed by atoms with Crippen molar-refractivity contribution in [2.45, 2.75) is 19.4 Å². The minimum absolute atomic E-state index is 0.0293. The fourth-order valence-corrected chi connectivity index (χ4v) is 1.32. The Labute approximate surface area is 90.5 Å². The van der Waals surface area contributed by atoms with Crippen molar-refractivity contribution in [1.29, 1.82) is 0 Å². The minimum Gasteiger partial charge on any atom is -0.378 e. The summed E-state index contributed by atoms with van der Waals surface area (Å²) >= 11 is 0. The number of rotatable bonds is 5. The molecule has 1 amide bonds. The topological polar surface area (TPSA) is 64.8 Å². The van der Waals surface area contributed by atoms with Crippen molar-refractivity contribution in [3.63, 3.8) is 0 Å². The van der Waals surface area contributed by atoms with Crippen LogP contribution in [0.1, 0.15) is 13.3 Å². The van der Waals surface area contributed by atoms with Gasteiger partial charge in [-0.15, -0.1) is 0 Å². The van der Waals surface area contributed by atoms with E-state index in [0.717, 1.165) is 6.42 Å². The second kappa shape index (κ2) is 6.76. The average Bonchev–Trinajstić information content (AvgIpc) is 2.29. The Hall–Kier alpha value is -0.650. The van der Waals surface area contributed by atoms with Gasteiger partial charge in [0.2, 0.25) is 5.91 Å². The van der Waals surface area contributed by atoms with Gasteiger partial charge >= 0.3 is 0 Å². The summed E-state index contributed by atoms with van der Waals surface area (Å²) in [6, 6.07) is 0.0301. The summed E-state index contributed by atoms with van der Waals surface area (Å²) in [6.07, 6.45) is 0.867. The van der Waals surface area contributed by atoms with Crippen LogP contribution in [0.3, 0.4) is 0 Å². The van der Waals surface area contributed by atoms with Crippen molar-refractivity contribution in [1.82, 2.24) is 4.90 Å². The van der Waals surface area contributed by atoms with E-state index in [-0.39, 0.29) is 18.6 Å². The summed E-state index contributed by atoms with van der Waals surface area (Å²) in [5, 5.41) is 0. The van der Waals surface area contributed by atoms with Crippen LogP contribution in [0.25, 0.3) is 0 Å². The third kappa shape index (κ3) is 4.59. The molecule has 0 aromatic heterocycles. The van der Waals surface area contributed by atoms with Crippen LogP contribution in [-0.4, -0.2) is 56.4 Å². The van der Waals surface area contributed by atoms with Crippen molar-refractivity contribution >= 4 is 5.91 Å². The van der Waals surface area contributed by atoms with E-state index in [4.69, 9.17) is 15.2 Å². The number of nitrogens with zero attached hydrogens (tertiary/aromatic N) is 1. The third-order valence-electron chi connectivity index (χ3n) is 2.45. The lowest BCUT2D eigenvalue weighted by atomic mass is 10.3. The highest BCUT2D eigenvalue weighted by atomic mass is 16.5. The van der Waals surface area contributed by atoms with Gasteiger partial charge in [-0.2, -0.15) is 0 Å². The summed E-state index contributed by atoms with van der Waals surface area (Å²) in [4.78, 5) is 13.3. The van der Waals surface area contributed by atoms with Crippen LogP contribution >= 0.6 is 0 Å². The molecular weight excluding hydrogens is 196 g/mol. The molecule has 0 bridgehead atoms. The highest BCUT2D eigenvalue weighted by molar-refractivity contribution is 5.77. The van der Waals surface area contributed by atoms with Crippen LogP contribution in [0.4, 0.5) is 0 Å². The zero-order chi connectivity index (χ0) is 11.1. The van der Waals surface area contributed by atoms with Gasteiger partial charge in [-0.1, -0.05) is 6.92 Å². The molecule has 1 rings (SSSR count). The van der Waals surface area contributed by atoms with Crippen LogP contribution < -0.4 is 5.73 Å². The first kappa shape index (κ1) is 12.4. The van der Waals surface area contributed by atoms with Gasteiger partial charge in [0.05, 0.1) is 19.8 Å². The van der Waals surface area contributed by atoms with Gasteiger partial charge in [-0.3, -0.25) is 4.79 Å². The fourth-order valence-electron chi connectivity index (χ4n) is 1.32. The molecule has 0 aromatic carbocycles. The summed E-state index contributed by atoms with van der Waals surface area (Å²) in [5.41, 5.74) is 5.67. The number of carbonyl (C=O) groups excluding carboxylic acids is 1. The average molecular weight is 216 g/mol. The second-order valence-electron chi connectivity index (χ2n) is 3.68. The van der Waals surface area contributed by atoms with Crippen molar-refractivity contribution in [2.24, 2.45) is 5.73 Å². The lowest BCUT2D eigenvalue weighted by Crippen LogP contribution is -2.43. The Balaban J connectivity index is 2.12. The zero-order valence-corrected chi connectivity index (χ0v) is 9.28. The van der Waals surface area contributed by atoms with Gasteiger partial charge in [0.1, 0.15) is 6.61 Å². The van der Waals surface area contributed by atoms with E-state index in [1.165, 1.54) is 0 Å². The Kier molecular flexibility index (Phi) is 5.60. The molecule has 0 spiro atoms. The highest BCUT2D eigenvalue weighted by Gasteiger charge is 2.16. The predicted octanol–water partition coefficient (Wildman–Crippen LogP) is -0.401. The predicted molar refractivity (Wildman–Crippen MR) is 56.5 cm³/mol. The minimum atomic E-state index is 0.0293. The molecule has 1 aliphatic heterocycles. The molecule has 88 valence electrons. The second-order valence-corrected chi connectivity index (χ2v) is 3.68. The Morgan fingerprint density at radius 2 is 2.20 bits per heavy atom. The van der Waals surface area contributed by atoms with E-state index in [9.17, 15) is 4.79 Å². The van der Waals surface area contributed by atoms with Gasteiger partial charge in [-0.05, 0) is 6.42 Å². The lowest BCUT2D eigenvalue weighted by Gasteiger charge is -2.26. The standard InChI is InChI=1S/C10H20N2O3/c1-2-9(11)7-15-8-10(13)12-3-5-14-6-4-12/h9H,2-8,11H2,1H3. The first-order valence-electron chi connectivity index (χ1n) is 5.43. The van der Waals surface area contributed by atoms with E-state index in [0.29, 0.717) is 32.9 Å². The first-order chi connectivity index (χ1) is 7.24. The maximum absolute atomic E-state index is 11.6. The van der Waals surface area contributed by atoms with E-state index < -0.39 is 0 Å². The van der Waals surface area contributed by atoms with Crippen LogP contribution in [0, 0.1) is 0 Å². The molecule has 2 N–H and O–H groups in total. The number of morpholine rings is 1. The van der Waals surface area contributed by atoms with Gasteiger partial charge in [0.25, 0.3) is 0 Å². The SMILES string of the molecule is CCC(N)COCC(=O)N1CCOCC1. The summed E-state index contributed by atoms with van der Waals surface area (Å²) in [7, 11) is 0. The zero-order valence-electron chi connectivity index (χ0n) is 9.28. The van der Waals surface area contributed by atoms with Crippen molar-refractivity contribution in [3.05, 3.63) is 0 Å². The molecule has 5 nitrogen and oxygen atoms in total. The highest BCUT2D eigenvalue weighted by Crippen LogP contribution is 1.98. The molecule has 1 fully saturated rings. The number of hydrogen-bond donors (Lipinski definition) is 1. The lowest BCUT2D eigenvalue weighted by molar-refractivity contribution is -0.140. The van der Waals surface area contributed by atoms with Crippen molar-refractivity contribution in [3.8, 4) is 0 Å². The van der Waals surface area contributed by atoms with E-state index >= 15 is 0 Å². The number of amides is 1. The molecule has 15 heavy (non-hydrogen) atoms.